The molecule has 34 heavy (non-hydrogen) atoms. The van der Waals surface area contributed by atoms with Gasteiger partial charge in [0.25, 0.3) is 5.91 Å². The van der Waals surface area contributed by atoms with E-state index in [1.807, 2.05) is 61.2 Å². The van der Waals surface area contributed by atoms with Crippen molar-refractivity contribution < 1.29 is 19.1 Å². The number of hydrogen-bond acceptors (Lipinski definition) is 4. The van der Waals surface area contributed by atoms with Crippen LogP contribution in [0.5, 0.6) is 0 Å². The molecular weight excluding hydrogens is 430 g/mol. The number of carbonyl (C=O) groups excluding carboxylic acids is 3. The van der Waals surface area contributed by atoms with Crippen molar-refractivity contribution in [3.05, 3.63) is 71.3 Å². The summed E-state index contributed by atoms with van der Waals surface area (Å²) in [5.41, 5.74) is 2.73. The first-order valence-electron chi connectivity index (χ1n) is 12.0. The molecule has 2 aromatic carbocycles. The van der Waals surface area contributed by atoms with Gasteiger partial charge in [-0.3, -0.25) is 14.4 Å². The Balaban J connectivity index is 1.24. The lowest BCUT2D eigenvalue weighted by atomic mass is 10.1. The van der Waals surface area contributed by atoms with Crippen LogP contribution in [0.1, 0.15) is 41.8 Å². The summed E-state index contributed by atoms with van der Waals surface area (Å²) < 4.78 is 5.71. The maximum absolute atomic E-state index is 12.8. The molecule has 0 spiro atoms. The smallest absolute Gasteiger partial charge is 0.254 e. The van der Waals surface area contributed by atoms with E-state index in [2.05, 4.69) is 5.32 Å². The minimum Gasteiger partial charge on any atom is -0.372 e. The molecule has 3 unspecified atom stereocenters. The molecule has 0 bridgehead atoms. The summed E-state index contributed by atoms with van der Waals surface area (Å²) in [7, 11) is 0. The summed E-state index contributed by atoms with van der Waals surface area (Å²) in [6, 6.07) is 17.4. The number of morpholine rings is 1. The molecule has 180 valence electrons. The van der Waals surface area contributed by atoms with E-state index in [0.717, 1.165) is 12.0 Å². The van der Waals surface area contributed by atoms with Gasteiger partial charge in [-0.15, -0.1) is 0 Å². The summed E-state index contributed by atoms with van der Waals surface area (Å²) in [4.78, 5) is 41.4. The maximum Gasteiger partial charge on any atom is 0.254 e. The van der Waals surface area contributed by atoms with Gasteiger partial charge < -0.3 is 19.9 Å². The molecule has 3 atom stereocenters. The first-order valence-corrected chi connectivity index (χ1v) is 12.0. The minimum absolute atomic E-state index is 0.00218. The van der Waals surface area contributed by atoms with Gasteiger partial charge in [-0.05, 0) is 43.5 Å². The predicted octanol–water partition coefficient (Wildman–Crippen LogP) is 2.64. The predicted molar refractivity (Wildman–Crippen MR) is 129 cm³/mol. The first kappa shape index (κ1) is 24.0. The molecule has 7 heteroatoms. The molecule has 2 aliphatic rings. The van der Waals surface area contributed by atoms with Gasteiger partial charge in [0.05, 0.1) is 18.1 Å². The fourth-order valence-corrected chi connectivity index (χ4v) is 4.70. The molecule has 0 saturated carbocycles. The number of nitrogens with zero attached hydrogens (tertiary/aromatic N) is 2. The highest BCUT2D eigenvalue weighted by molar-refractivity contribution is 5.94. The zero-order valence-corrected chi connectivity index (χ0v) is 19.9. The van der Waals surface area contributed by atoms with Gasteiger partial charge in [0.1, 0.15) is 0 Å². The highest BCUT2D eigenvalue weighted by Gasteiger charge is 2.33. The summed E-state index contributed by atoms with van der Waals surface area (Å²) in [6.07, 6.45) is 1.09. The normalized spacial score (nSPS) is 22.6. The molecule has 2 aliphatic heterocycles. The van der Waals surface area contributed by atoms with Crippen LogP contribution in [0, 0.1) is 5.92 Å². The van der Waals surface area contributed by atoms with Gasteiger partial charge in [-0.25, -0.2) is 0 Å². The Hall–Kier alpha value is -3.19. The monoisotopic (exact) mass is 463 g/mol. The van der Waals surface area contributed by atoms with Crippen molar-refractivity contribution >= 4 is 17.7 Å². The maximum atomic E-state index is 12.8. The Bertz CT molecular complexity index is 998. The Labute approximate surface area is 201 Å². The third kappa shape index (κ3) is 6.03. The van der Waals surface area contributed by atoms with Gasteiger partial charge in [0.15, 0.2) is 0 Å². The Morgan fingerprint density at radius 3 is 2.29 bits per heavy atom. The van der Waals surface area contributed by atoms with E-state index in [1.165, 1.54) is 5.56 Å². The van der Waals surface area contributed by atoms with Crippen molar-refractivity contribution in [2.75, 3.05) is 26.2 Å². The standard InChI is InChI=1S/C27H33N3O4/c1-19-16-30(17-20(2)34-19)27(33)23-10-8-22(9-11-23)15-28-26(32)24-14-25(31)29(18-24)13-12-21-6-4-3-5-7-21/h3-11,19-20,24H,12-18H2,1-2H3,(H,28,32). The number of benzene rings is 2. The van der Waals surface area contributed by atoms with Crippen molar-refractivity contribution in [3.8, 4) is 0 Å². The van der Waals surface area contributed by atoms with Gasteiger partial charge in [-0.2, -0.15) is 0 Å². The van der Waals surface area contributed by atoms with E-state index >= 15 is 0 Å². The van der Waals surface area contributed by atoms with E-state index in [4.69, 9.17) is 4.74 Å². The number of likely N-dealkylation sites (tertiary alicyclic amines) is 1. The van der Waals surface area contributed by atoms with Crippen LogP contribution in [0.2, 0.25) is 0 Å². The second kappa shape index (κ2) is 10.8. The Morgan fingerprint density at radius 1 is 0.941 bits per heavy atom. The van der Waals surface area contributed by atoms with Crippen molar-refractivity contribution in [2.45, 2.75) is 45.4 Å². The van der Waals surface area contributed by atoms with E-state index < -0.39 is 0 Å². The van der Waals surface area contributed by atoms with Gasteiger partial charge in [-0.1, -0.05) is 42.5 Å². The van der Waals surface area contributed by atoms with Crippen LogP contribution in [0.25, 0.3) is 0 Å². The molecule has 2 saturated heterocycles. The lowest BCUT2D eigenvalue weighted by Gasteiger charge is -2.35. The Kier molecular flexibility index (Phi) is 7.63. The number of carbonyl (C=O) groups is 3. The quantitative estimate of drug-likeness (QED) is 0.685. The highest BCUT2D eigenvalue weighted by Crippen LogP contribution is 2.19. The van der Waals surface area contributed by atoms with Gasteiger partial charge >= 0.3 is 0 Å². The van der Waals surface area contributed by atoms with Crippen LogP contribution in [0.15, 0.2) is 54.6 Å². The molecule has 1 N–H and O–H groups in total. The fraction of sp³-hybridized carbons (Fsp3) is 0.444. The van der Waals surface area contributed by atoms with Crippen LogP contribution < -0.4 is 5.32 Å². The number of amides is 3. The SMILES string of the molecule is CC1CN(C(=O)c2ccc(CNC(=O)C3CC(=O)N(CCc4ccccc4)C3)cc2)CC(C)O1. The summed E-state index contributed by atoms with van der Waals surface area (Å²) >= 11 is 0. The summed E-state index contributed by atoms with van der Waals surface area (Å²) in [5.74, 6) is -0.398. The van der Waals surface area contributed by atoms with Crippen LogP contribution >= 0.6 is 0 Å². The molecule has 0 aliphatic carbocycles. The van der Waals surface area contributed by atoms with Crippen LogP contribution in [0.4, 0.5) is 0 Å². The number of hydrogen-bond donors (Lipinski definition) is 1. The number of rotatable bonds is 7. The topological polar surface area (TPSA) is 79.0 Å². The Morgan fingerprint density at radius 2 is 1.62 bits per heavy atom. The van der Waals surface area contributed by atoms with Gasteiger partial charge in [0.2, 0.25) is 11.8 Å². The van der Waals surface area contributed by atoms with Crippen LogP contribution in [-0.2, 0) is 27.3 Å². The fourth-order valence-electron chi connectivity index (χ4n) is 4.70. The third-order valence-electron chi connectivity index (χ3n) is 6.47. The lowest BCUT2D eigenvalue weighted by molar-refractivity contribution is -0.129. The highest BCUT2D eigenvalue weighted by atomic mass is 16.5. The lowest BCUT2D eigenvalue weighted by Crippen LogP contribution is -2.48. The van der Waals surface area contributed by atoms with Gasteiger partial charge in [0, 0.05) is 44.7 Å². The van der Waals surface area contributed by atoms with Crippen LogP contribution in [-0.4, -0.2) is 65.9 Å². The molecule has 3 amide bonds. The molecule has 7 nitrogen and oxygen atoms in total. The van der Waals surface area contributed by atoms with Crippen molar-refractivity contribution in [2.24, 2.45) is 5.92 Å². The van der Waals surface area contributed by atoms with E-state index in [1.54, 1.807) is 17.0 Å². The zero-order valence-electron chi connectivity index (χ0n) is 19.9. The molecular formula is C27H33N3O4. The summed E-state index contributed by atoms with van der Waals surface area (Å²) in [5, 5.41) is 2.95. The molecule has 0 radical (unpaired) electrons. The molecule has 4 rings (SSSR count). The first-order chi connectivity index (χ1) is 16.4. The molecule has 2 fully saturated rings. The van der Waals surface area contributed by atoms with Crippen LogP contribution in [0.3, 0.4) is 0 Å². The van der Waals surface area contributed by atoms with E-state index in [9.17, 15) is 14.4 Å². The van der Waals surface area contributed by atoms with Crippen molar-refractivity contribution in [1.29, 1.82) is 0 Å². The second-order valence-electron chi connectivity index (χ2n) is 9.36. The second-order valence-corrected chi connectivity index (χ2v) is 9.36. The van der Waals surface area contributed by atoms with E-state index in [0.29, 0.717) is 38.3 Å². The minimum atomic E-state index is -0.325. The average molecular weight is 464 g/mol. The largest absolute Gasteiger partial charge is 0.372 e. The number of ether oxygens (including phenoxy) is 1. The molecule has 2 aromatic rings. The molecule has 2 heterocycles. The third-order valence-corrected chi connectivity index (χ3v) is 6.47. The molecule has 0 aromatic heterocycles. The number of nitrogens with one attached hydrogen (secondary N) is 1. The average Bonchev–Trinajstić information content (AvgIpc) is 3.21. The zero-order chi connectivity index (χ0) is 24.1. The van der Waals surface area contributed by atoms with Crippen molar-refractivity contribution in [1.82, 2.24) is 15.1 Å². The summed E-state index contributed by atoms with van der Waals surface area (Å²) in [6.45, 7) is 6.58. The van der Waals surface area contributed by atoms with Crippen molar-refractivity contribution in [3.63, 3.8) is 0 Å². The van der Waals surface area contributed by atoms with E-state index in [-0.39, 0.29) is 42.3 Å².